The Hall–Kier alpha value is -3.53. The molecule has 1 saturated carbocycles. The van der Waals surface area contributed by atoms with Gasteiger partial charge in [0.05, 0.1) is 5.52 Å². The molecule has 4 heteroatoms. The van der Waals surface area contributed by atoms with Gasteiger partial charge in [0.25, 0.3) is 5.91 Å². The highest BCUT2D eigenvalue weighted by atomic mass is 19.1. The molecule has 1 aromatic heterocycles. The monoisotopic (exact) mass is 466 g/mol. The molecule has 1 N–H and O–H groups in total. The van der Waals surface area contributed by atoms with E-state index >= 15 is 0 Å². The van der Waals surface area contributed by atoms with Crippen molar-refractivity contribution < 1.29 is 9.18 Å². The van der Waals surface area contributed by atoms with Crippen LogP contribution < -0.4 is 5.32 Å². The second kappa shape index (κ2) is 10.4. The molecule has 1 unspecified atom stereocenters. The number of hydrogen-bond donors (Lipinski definition) is 1. The van der Waals surface area contributed by atoms with Gasteiger partial charge in [0.1, 0.15) is 5.82 Å². The van der Waals surface area contributed by atoms with Crippen molar-refractivity contribution >= 4 is 16.8 Å². The second-order valence-electron chi connectivity index (χ2n) is 9.60. The van der Waals surface area contributed by atoms with Crippen molar-refractivity contribution in [3.63, 3.8) is 0 Å². The zero-order valence-corrected chi connectivity index (χ0v) is 20.1. The van der Waals surface area contributed by atoms with E-state index in [1.165, 1.54) is 11.6 Å². The summed E-state index contributed by atoms with van der Waals surface area (Å²) in [5.74, 6) is 0.631. The van der Waals surface area contributed by atoms with Crippen molar-refractivity contribution in [2.24, 2.45) is 5.92 Å². The number of carbonyl (C=O) groups excluding carboxylic acids is 1. The van der Waals surface area contributed by atoms with Gasteiger partial charge in [-0.25, -0.2) is 4.39 Å². The van der Waals surface area contributed by atoms with Crippen LogP contribution in [0.2, 0.25) is 0 Å². The number of halogens is 1. The number of rotatable bonds is 6. The van der Waals surface area contributed by atoms with E-state index in [1.54, 1.807) is 12.1 Å². The molecule has 0 bridgehead atoms. The Labute approximate surface area is 206 Å². The second-order valence-corrected chi connectivity index (χ2v) is 9.60. The summed E-state index contributed by atoms with van der Waals surface area (Å²) in [5, 5.41) is 4.23. The zero-order chi connectivity index (χ0) is 24.2. The third kappa shape index (κ3) is 5.12. The zero-order valence-electron chi connectivity index (χ0n) is 20.1. The lowest BCUT2D eigenvalue weighted by molar-refractivity contribution is 0.0909. The number of benzene rings is 3. The first kappa shape index (κ1) is 23.2. The summed E-state index contributed by atoms with van der Waals surface area (Å²) >= 11 is 0. The normalized spacial score (nSPS) is 18.8. The summed E-state index contributed by atoms with van der Waals surface area (Å²) in [7, 11) is 0. The van der Waals surface area contributed by atoms with Gasteiger partial charge < -0.3 is 5.32 Å². The first-order valence-corrected chi connectivity index (χ1v) is 12.6. The van der Waals surface area contributed by atoms with Gasteiger partial charge >= 0.3 is 0 Å². The van der Waals surface area contributed by atoms with Gasteiger partial charge in [-0.2, -0.15) is 0 Å². The molecule has 0 aliphatic heterocycles. The van der Waals surface area contributed by atoms with Gasteiger partial charge in [-0.3, -0.25) is 9.78 Å². The number of hydrogen-bond acceptors (Lipinski definition) is 2. The minimum absolute atomic E-state index is 0.00538. The number of pyridine rings is 1. The lowest BCUT2D eigenvalue weighted by Crippen LogP contribution is -2.41. The molecule has 5 rings (SSSR count). The summed E-state index contributed by atoms with van der Waals surface area (Å²) in [6.45, 7) is 2.15. The topological polar surface area (TPSA) is 42.0 Å². The molecular formula is C31H31FN2O. The fourth-order valence-corrected chi connectivity index (χ4v) is 5.58. The van der Waals surface area contributed by atoms with Crippen LogP contribution in [0.25, 0.3) is 22.0 Å². The fourth-order valence-electron chi connectivity index (χ4n) is 5.58. The minimum atomic E-state index is -0.217. The first-order valence-electron chi connectivity index (χ1n) is 12.6. The maximum Gasteiger partial charge on any atom is 0.251 e. The van der Waals surface area contributed by atoms with Gasteiger partial charge in [0.2, 0.25) is 0 Å². The number of fused-ring (bicyclic) bond motifs is 1. The van der Waals surface area contributed by atoms with Crippen molar-refractivity contribution in [3.8, 4) is 11.1 Å². The molecule has 0 saturated heterocycles. The van der Waals surface area contributed by atoms with Crippen molar-refractivity contribution in [1.29, 1.82) is 0 Å². The maximum absolute atomic E-state index is 13.9. The Kier molecular flexibility index (Phi) is 6.89. The molecular weight excluding hydrogens is 435 g/mol. The molecule has 1 aliphatic carbocycles. The van der Waals surface area contributed by atoms with Crippen LogP contribution in [-0.4, -0.2) is 16.9 Å². The molecule has 1 aliphatic rings. The van der Waals surface area contributed by atoms with Gasteiger partial charge in [-0.15, -0.1) is 0 Å². The Morgan fingerprint density at radius 1 is 0.943 bits per heavy atom. The predicted molar refractivity (Wildman–Crippen MR) is 140 cm³/mol. The van der Waals surface area contributed by atoms with Crippen molar-refractivity contribution in [1.82, 2.24) is 10.3 Å². The standard InChI is InChI=1S/C31H31FN2O/c1-2-29(34-31(35)25-14-8-22(9-15-25)21-6-4-3-5-7-21)24-12-10-23(11-13-24)27-18-19-33-30-17-16-26(32)20-28(27)30/h3-9,14-20,23-24,29H,2,10-13H2,1H3,(H,34,35). The first-order chi connectivity index (χ1) is 17.1. The van der Waals surface area contributed by atoms with E-state index in [2.05, 4.69) is 29.4 Å². The molecule has 1 heterocycles. The van der Waals surface area contributed by atoms with E-state index in [0.717, 1.165) is 54.1 Å². The Morgan fingerprint density at radius 2 is 1.66 bits per heavy atom. The van der Waals surface area contributed by atoms with Crippen LogP contribution in [-0.2, 0) is 0 Å². The molecule has 0 spiro atoms. The number of nitrogens with zero attached hydrogens (tertiary/aromatic N) is 1. The molecule has 3 nitrogen and oxygen atoms in total. The number of nitrogens with one attached hydrogen (secondary N) is 1. The van der Waals surface area contributed by atoms with Crippen LogP contribution in [0.5, 0.6) is 0 Å². The lowest BCUT2D eigenvalue weighted by atomic mass is 9.75. The molecule has 1 atom stereocenters. The molecule has 0 radical (unpaired) electrons. The molecule has 1 fully saturated rings. The summed E-state index contributed by atoms with van der Waals surface area (Å²) in [6, 6.07) is 25.1. The van der Waals surface area contributed by atoms with E-state index in [4.69, 9.17) is 0 Å². The van der Waals surface area contributed by atoms with Crippen LogP contribution in [0.15, 0.2) is 85.1 Å². The Morgan fingerprint density at radius 3 is 2.37 bits per heavy atom. The molecule has 4 aromatic rings. The molecule has 1 amide bonds. The number of aromatic nitrogens is 1. The highest BCUT2D eigenvalue weighted by Gasteiger charge is 2.29. The Bertz CT molecular complexity index is 1290. The van der Waals surface area contributed by atoms with Crippen molar-refractivity contribution in [2.75, 3.05) is 0 Å². The average Bonchev–Trinajstić information content (AvgIpc) is 2.92. The van der Waals surface area contributed by atoms with Crippen LogP contribution in [0.1, 0.15) is 60.9 Å². The number of amides is 1. The molecule has 178 valence electrons. The fraction of sp³-hybridized carbons (Fsp3) is 0.290. The predicted octanol–water partition coefficient (Wildman–Crippen LogP) is 7.52. The van der Waals surface area contributed by atoms with E-state index in [-0.39, 0.29) is 17.8 Å². The third-order valence-corrected chi connectivity index (χ3v) is 7.53. The van der Waals surface area contributed by atoms with Crippen LogP contribution >= 0.6 is 0 Å². The van der Waals surface area contributed by atoms with E-state index in [0.29, 0.717) is 17.4 Å². The SMILES string of the molecule is CCC(NC(=O)c1ccc(-c2ccccc2)cc1)C1CCC(c2ccnc3ccc(F)cc23)CC1. The third-order valence-electron chi connectivity index (χ3n) is 7.53. The quantitative estimate of drug-likeness (QED) is 0.319. The Balaban J connectivity index is 1.22. The van der Waals surface area contributed by atoms with Crippen molar-refractivity contribution in [2.45, 2.75) is 51.0 Å². The lowest BCUT2D eigenvalue weighted by Gasteiger charge is -2.34. The van der Waals surface area contributed by atoms with Gasteiger partial charge in [0.15, 0.2) is 0 Å². The largest absolute Gasteiger partial charge is 0.349 e. The van der Waals surface area contributed by atoms with Crippen LogP contribution in [0, 0.1) is 11.7 Å². The van der Waals surface area contributed by atoms with Crippen LogP contribution in [0.4, 0.5) is 4.39 Å². The minimum Gasteiger partial charge on any atom is -0.349 e. The maximum atomic E-state index is 13.9. The number of carbonyl (C=O) groups is 1. The van der Waals surface area contributed by atoms with Gasteiger partial charge in [0, 0.05) is 23.2 Å². The highest BCUT2D eigenvalue weighted by molar-refractivity contribution is 5.95. The average molecular weight is 467 g/mol. The van der Waals surface area contributed by atoms with Crippen molar-refractivity contribution in [3.05, 3.63) is 102 Å². The molecule has 35 heavy (non-hydrogen) atoms. The summed E-state index contributed by atoms with van der Waals surface area (Å²) in [6.07, 6.45) is 6.92. The van der Waals surface area contributed by atoms with E-state index < -0.39 is 0 Å². The van der Waals surface area contributed by atoms with Crippen LogP contribution in [0.3, 0.4) is 0 Å². The van der Waals surface area contributed by atoms with E-state index in [9.17, 15) is 9.18 Å². The van der Waals surface area contributed by atoms with Gasteiger partial charge in [-0.1, -0.05) is 49.4 Å². The smallest absolute Gasteiger partial charge is 0.251 e. The summed E-state index contributed by atoms with van der Waals surface area (Å²) in [4.78, 5) is 17.4. The van der Waals surface area contributed by atoms with Gasteiger partial charge in [-0.05, 0) is 97.0 Å². The van der Waals surface area contributed by atoms with E-state index in [1.807, 2.05) is 54.7 Å². The summed E-state index contributed by atoms with van der Waals surface area (Å²) in [5.41, 5.74) is 5.00. The summed E-state index contributed by atoms with van der Waals surface area (Å²) < 4.78 is 13.9. The highest BCUT2D eigenvalue weighted by Crippen LogP contribution is 2.40. The molecule has 3 aromatic carbocycles.